The van der Waals surface area contributed by atoms with Gasteiger partial charge in [-0.15, -0.1) is 11.8 Å². The van der Waals surface area contributed by atoms with Gasteiger partial charge in [0.15, 0.2) is 0 Å². The van der Waals surface area contributed by atoms with Crippen molar-refractivity contribution >= 4 is 17.7 Å². The molecule has 2 aromatic carbocycles. The van der Waals surface area contributed by atoms with E-state index in [1.807, 2.05) is 49.4 Å². The molecule has 0 aliphatic heterocycles. The zero-order chi connectivity index (χ0) is 15.6. The molecular weight excluding hydrogens is 292 g/mol. The average molecular weight is 314 g/mol. The van der Waals surface area contributed by atoms with Gasteiger partial charge in [-0.25, -0.2) is 0 Å². The number of hydrogen-bond acceptors (Lipinski definition) is 3. The summed E-state index contributed by atoms with van der Waals surface area (Å²) >= 11 is 1.80. The molecule has 0 spiro atoms. The highest BCUT2D eigenvalue weighted by Crippen LogP contribution is 2.22. The molecule has 0 unspecified atom stereocenters. The minimum Gasteiger partial charge on any atom is -0.351 e. The Morgan fingerprint density at radius 3 is 2.41 bits per heavy atom. The van der Waals surface area contributed by atoms with E-state index in [2.05, 4.69) is 22.8 Å². The number of carbonyl (C=O) groups excluding carboxylic acids is 1. The molecular formula is C18H22N2OS. The first kappa shape index (κ1) is 16.6. The molecule has 0 saturated carbocycles. The van der Waals surface area contributed by atoms with Crippen molar-refractivity contribution in [2.24, 2.45) is 0 Å². The summed E-state index contributed by atoms with van der Waals surface area (Å²) in [5, 5.41) is 6.08. The summed E-state index contributed by atoms with van der Waals surface area (Å²) in [6, 6.07) is 18.2. The molecule has 4 heteroatoms. The van der Waals surface area contributed by atoms with Crippen LogP contribution in [0.4, 0.5) is 0 Å². The van der Waals surface area contributed by atoms with E-state index < -0.39 is 0 Å². The van der Waals surface area contributed by atoms with Gasteiger partial charge in [0.1, 0.15) is 0 Å². The van der Waals surface area contributed by atoms with Gasteiger partial charge in [0.2, 0.25) is 0 Å². The van der Waals surface area contributed by atoms with Crippen LogP contribution in [-0.2, 0) is 5.75 Å². The van der Waals surface area contributed by atoms with E-state index in [-0.39, 0.29) is 5.91 Å². The largest absolute Gasteiger partial charge is 0.351 e. The third-order valence-electron chi connectivity index (χ3n) is 3.20. The van der Waals surface area contributed by atoms with Crippen molar-refractivity contribution < 1.29 is 4.79 Å². The monoisotopic (exact) mass is 314 g/mol. The molecule has 0 radical (unpaired) electrons. The molecule has 2 rings (SSSR count). The molecule has 0 fully saturated rings. The third-order valence-corrected chi connectivity index (χ3v) is 4.29. The first-order chi connectivity index (χ1) is 10.8. The molecule has 2 N–H and O–H groups in total. The van der Waals surface area contributed by atoms with Crippen LogP contribution in [-0.4, -0.2) is 25.5 Å². The van der Waals surface area contributed by atoms with Gasteiger partial charge in [-0.2, -0.15) is 0 Å². The van der Waals surface area contributed by atoms with Gasteiger partial charge in [0.05, 0.1) is 0 Å². The van der Waals surface area contributed by atoms with Gasteiger partial charge < -0.3 is 10.6 Å². The predicted molar refractivity (Wildman–Crippen MR) is 93.3 cm³/mol. The van der Waals surface area contributed by atoms with Crippen LogP contribution in [0.2, 0.25) is 0 Å². The Kier molecular flexibility index (Phi) is 7.00. The lowest BCUT2D eigenvalue weighted by Gasteiger charge is -2.07. The maximum atomic E-state index is 12.0. The second-order valence-corrected chi connectivity index (χ2v) is 5.96. The molecule has 0 heterocycles. The number of benzene rings is 2. The summed E-state index contributed by atoms with van der Waals surface area (Å²) in [5.41, 5.74) is 1.93. The standard InChI is InChI=1S/C18H22N2OS/c1-2-19-12-13-20-18(21)16-10-8-15(9-11-16)14-22-17-6-4-3-5-7-17/h3-11,19H,2,12-14H2,1H3,(H,20,21). The minimum atomic E-state index is -0.0137. The average Bonchev–Trinajstić information content (AvgIpc) is 2.58. The molecule has 22 heavy (non-hydrogen) atoms. The molecule has 3 nitrogen and oxygen atoms in total. The Morgan fingerprint density at radius 2 is 1.73 bits per heavy atom. The molecule has 0 saturated heterocycles. The van der Waals surface area contributed by atoms with Crippen LogP contribution < -0.4 is 10.6 Å². The second-order valence-electron chi connectivity index (χ2n) is 4.91. The summed E-state index contributed by atoms with van der Waals surface area (Å²) in [7, 11) is 0. The van der Waals surface area contributed by atoms with Crippen molar-refractivity contribution in [2.75, 3.05) is 19.6 Å². The number of nitrogens with one attached hydrogen (secondary N) is 2. The van der Waals surface area contributed by atoms with Crippen LogP contribution in [0, 0.1) is 0 Å². The van der Waals surface area contributed by atoms with E-state index in [9.17, 15) is 4.79 Å². The summed E-state index contributed by atoms with van der Waals surface area (Å²) in [5.74, 6) is 0.895. The van der Waals surface area contributed by atoms with Crippen LogP contribution in [0.25, 0.3) is 0 Å². The molecule has 2 aromatic rings. The third kappa shape index (κ3) is 5.54. The normalized spacial score (nSPS) is 10.4. The fourth-order valence-electron chi connectivity index (χ4n) is 1.98. The predicted octanol–water partition coefficient (Wildman–Crippen LogP) is 3.32. The van der Waals surface area contributed by atoms with E-state index in [0.717, 1.165) is 18.8 Å². The molecule has 0 atom stereocenters. The zero-order valence-electron chi connectivity index (χ0n) is 12.8. The molecule has 116 valence electrons. The van der Waals surface area contributed by atoms with Crippen molar-refractivity contribution in [1.82, 2.24) is 10.6 Å². The van der Waals surface area contributed by atoms with Crippen LogP contribution in [0.1, 0.15) is 22.8 Å². The Hall–Kier alpha value is -1.78. The van der Waals surface area contributed by atoms with Gasteiger partial charge >= 0.3 is 0 Å². The highest BCUT2D eigenvalue weighted by molar-refractivity contribution is 7.98. The summed E-state index contributed by atoms with van der Waals surface area (Å²) < 4.78 is 0. The molecule has 0 aliphatic carbocycles. The topological polar surface area (TPSA) is 41.1 Å². The van der Waals surface area contributed by atoms with Crippen LogP contribution in [0.3, 0.4) is 0 Å². The zero-order valence-corrected chi connectivity index (χ0v) is 13.7. The number of thioether (sulfide) groups is 1. The van der Waals surface area contributed by atoms with E-state index in [4.69, 9.17) is 0 Å². The SMILES string of the molecule is CCNCCNC(=O)c1ccc(CSc2ccccc2)cc1. The molecule has 0 aromatic heterocycles. The quantitative estimate of drug-likeness (QED) is 0.580. The number of carbonyl (C=O) groups is 1. The Morgan fingerprint density at radius 1 is 1.00 bits per heavy atom. The minimum absolute atomic E-state index is 0.0137. The Balaban J connectivity index is 1.81. The maximum Gasteiger partial charge on any atom is 0.251 e. The van der Waals surface area contributed by atoms with Crippen LogP contribution in [0.5, 0.6) is 0 Å². The van der Waals surface area contributed by atoms with Crippen molar-refractivity contribution in [2.45, 2.75) is 17.6 Å². The van der Waals surface area contributed by atoms with Gasteiger partial charge in [-0.3, -0.25) is 4.79 Å². The van der Waals surface area contributed by atoms with Crippen LogP contribution in [0.15, 0.2) is 59.5 Å². The smallest absolute Gasteiger partial charge is 0.251 e. The highest BCUT2D eigenvalue weighted by atomic mass is 32.2. The first-order valence-electron chi connectivity index (χ1n) is 7.55. The first-order valence-corrected chi connectivity index (χ1v) is 8.54. The lowest BCUT2D eigenvalue weighted by atomic mass is 10.1. The number of rotatable bonds is 8. The van der Waals surface area contributed by atoms with Gasteiger partial charge in [0, 0.05) is 29.3 Å². The van der Waals surface area contributed by atoms with E-state index in [0.29, 0.717) is 12.1 Å². The number of amides is 1. The van der Waals surface area contributed by atoms with Crippen molar-refractivity contribution in [3.8, 4) is 0 Å². The van der Waals surface area contributed by atoms with Gasteiger partial charge in [-0.05, 0) is 36.4 Å². The Labute approximate surface area is 136 Å². The maximum absolute atomic E-state index is 12.0. The van der Waals surface area contributed by atoms with E-state index in [1.54, 1.807) is 11.8 Å². The second kappa shape index (κ2) is 9.28. The summed E-state index contributed by atoms with van der Waals surface area (Å²) in [6.45, 7) is 4.42. The van der Waals surface area contributed by atoms with Gasteiger partial charge in [-0.1, -0.05) is 37.3 Å². The molecule has 0 bridgehead atoms. The van der Waals surface area contributed by atoms with Crippen molar-refractivity contribution in [3.63, 3.8) is 0 Å². The van der Waals surface area contributed by atoms with Gasteiger partial charge in [0.25, 0.3) is 5.91 Å². The highest BCUT2D eigenvalue weighted by Gasteiger charge is 2.04. The van der Waals surface area contributed by atoms with E-state index in [1.165, 1.54) is 10.5 Å². The Bertz CT molecular complexity index is 569. The molecule has 1 amide bonds. The van der Waals surface area contributed by atoms with Crippen LogP contribution >= 0.6 is 11.8 Å². The number of likely N-dealkylation sites (N-methyl/N-ethyl adjacent to an activating group) is 1. The summed E-state index contributed by atoms with van der Waals surface area (Å²) in [4.78, 5) is 13.2. The van der Waals surface area contributed by atoms with Crippen molar-refractivity contribution in [1.29, 1.82) is 0 Å². The van der Waals surface area contributed by atoms with E-state index >= 15 is 0 Å². The lowest BCUT2D eigenvalue weighted by molar-refractivity contribution is 0.0954. The fourth-order valence-corrected chi connectivity index (χ4v) is 2.85. The fraction of sp³-hybridized carbons (Fsp3) is 0.278. The molecule has 0 aliphatic rings. The van der Waals surface area contributed by atoms with Crippen molar-refractivity contribution in [3.05, 3.63) is 65.7 Å². The number of hydrogen-bond donors (Lipinski definition) is 2. The lowest BCUT2D eigenvalue weighted by Crippen LogP contribution is -2.31. The summed E-state index contributed by atoms with van der Waals surface area (Å²) in [6.07, 6.45) is 0.